The second-order valence-corrected chi connectivity index (χ2v) is 7.30. The third kappa shape index (κ3) is 4.14. The molecular weight excluding hydrogens is 308 g/mol. The molecule has 2 aromatic rings. The highest BCUT2D eigenvalue weighted by Crippen LogP contribution is 2.35. The molecule has 122 valence electrons. The summed E-state index contributed by atoms with van der Waals surface area (Å²) in [6.07, 6.45) is 3.50. The minimum absolute atomic E-state index is 0.0296. The summed E-state index contributed by atoms with van der Waals surface area (Å²) in [4.78, 5) is 14.4. The number of hydrogen-bond donors (Lipinski definition) is 1. The summed E-state index contributed by atoms with van der Waals surface area (Å²) in [5.74, 6) is 0.356. The molecule has 1 heterocycles. The van der Waals surface area contributed by atoms with Crippen LogP contribution in [-0.2, 0) is 17.6 Å². The Balaban J connectivity index is 1.54. The van der Waals surface area contributed by atoms with Crippen molar-refractivity contribution in [2.75, 3.05) is 26.0 Å². The van der Waals surface area contributed by atoms with Gasteiger partial charge in [0.25, 0.3) is 0 Å². The lowest BCUT2D eigenvalue weighted by atomic mass is 9.97. The molecule has 1 atom stereocenters. The molecule has 0 fully saturated rings. The number of rotatable bonds is 6. The summed E-state index contributed by atoms with van der Waals surface area (Å²) >= 11 is 1.47. The van der Waals surface area contributed by atoms with Crippen molar-refractivity contribution in [2.24, 2.45) is 0 Å². The number of likely N-dealkylation sites (N-methyl/N-ethyl adjacent to an activating group) is 1. The van der Waals surface area contributed by atoms with E-state index in [1.165, 1.54) is 22.5 Å². The molecule has 1 N–H and O–H groups in total. The Hall–Kier alpha value is -1.79. The van der Waals surface area contributed by atoms with Crippen LogP contribution in [-0.4, -0.2) is 41.6 Å². The van der Waals surface area contributed by atoms with Gasteiger partial charge in [-0.2, -0.15) is 0 Å². The fourth-order valence-corrected chi connectivity index (χ4v) is 3.72. The summed E-state index contributed by atoms with van der Waals surface area (Å²) in [7, 11) is 4.06. The summed E-state index contributed by atoms with van der Waals surface area (Å²) in [6.45, 7) is 0.932. The number of fused-ring (bicyclic) bond motifs is 1. The Labute approximate surface area is 140 Å². The number of aromatic nitrogens is 2. The van der Waals surface area contributed by atoms with Crippen LogP contribution in [0.2, 0.25) is 0 Å². The second-order valence-electron chi connectivity index (χ2n) is 6.24. The molecule has 1 aliphatic rings. The average Bonchev–Trinajstić information content (AvgIpc) is 3.13. The predicted octanol–water partition coefficient (Wildman–Crippen LogP) is 2.70. The third-order valence-corrected chi connectivity index (χ3v) is 5.07. The summed E-state index contributed by atoms with van der Waals surface area (Å²) < 4.78 is 0. The zero-order valence-electron chi connectivity index (χ0n) is 13.6. The van der Waals surface area contributed by atoms with Gasteiger partial charge in [-0.15, -0.1) is 10.2 Å². The molecule has 1 aliphatic carbocycles. The number of amides is 1. The maximum Gasteiger partial charge on any atom is 0.226 e. The van der Waals surface area contributed by atoms with Crippen LogP contribution in [0.15, 0.2) is 24.3 Å². The molecular formula is C17H22N4OS. The topological polar surface area (TPSA) is 58.1 Å². The lowest BCUT2D eigenvalue weighted by Crippen LogP contribution is -2.14. The average molecular weight is 330 g/mol. The summed E-state index contributed by atoms with van der Waals surface area (Å²) in [5, 5.41) is 12.7. The Bertz CT molecular complexity index is 683. The highest BCUT2D eigenvalue weighted by Gasteiger charge is 2.24. The first-order valence-corrected chi connectivity index (χ1v) is 8.78. The Morgan fingerprint density at radius 1 is 1.35 bits per heavy atom. The van der Waals surface area contributed by atoms with Crippen LogP contribution in [0.4, 0.5) is 5.13 Å². The van der Waals surface area contributed by atoms with Gasteiger partial charge in [0.05, 0.1) is 0 Å². The van der Waals surface area contributed by atoms with E-state index in [4.69, 9.17) is 0 Å². The van der Waals surface area contributed by atoms with Gasteiger partial charge in [0.15, 0.2) is 0 Å². The SMILES string of the molecule is CN(C)CCc1nnc(NC(=O)CC2CCc3ccccc32)s1. The number of aryl methyl sites for hydroxylation is 1. The highest BCUT2D eigenvalue weighted by atomic mass is 32.1. The number of carbonyl (C=O) groups is 1. The van der Waals surface area contributed by atoms with Gasteiger partial charge in [-0.3, -0.25) is 4.79 Å². The van der Waals surface area contributed by atoms with Crippen molar-refractivity contribution in [1.82, 2.24) is 15.1 Å². The number of nitrogens with zero attached hydrogens (tertiary/aromatic N) is 3. The van der Waals surface area contributed by atoms with Crippen molar-refractivity contribution in [1.29, 1.82) is 0 Å². The zero-order chi connectivity index (χ0) is 16.2. The van der Waals surface area contributed by atoms with Gasteiger partial charge in [0.1, 0.15) is 5.01 Å². The Kier molecular flexibility index (Phi) is 5.03. The first-order chi connectivity index (χ1) is 11.1. The molecule has 23 heavy (non-hydrogen) atoms. The van der Waals surface area contributed by atoms with Gasteiger partial charge in [-0.1, -0.05) is 35.6 Å². The van der Waals surface area contributed by atoms with Crippen molar-refractivity contribution in [3.63, 3.8) is 0 Å². The molecule has 1 aromatic heterocycles. The van der Waals surface area contributed by atoms with Gasteiger partial charge >= 0.3 is 0 Å². The number of nitrogens with one attached hydrogen (secondary N) is 1. The fraction of sp³-hybridized carbons (Fsp3) is 0.471. The molecule has 1 amide bonds. The molecule has 0 aliphatic heterocycles. The zero-order valence-corrected chi connectivity index (χ0v) is 14.4. The molecule has 0 saturated carbocycles. The maximum absolute atomic E-state index is 12.3. The lowest BCUT2D eigenvalue weighted by molar-refractivity contribution is -0.116. The van der Waals surface area contributed by atoms with E-state index in [1.54, 1.807) is 0 Å². The van der Waals surface area contributed by atoms with Crippen LogP contribution >= 0.6 is 11.3 Å². The number of hydrogen-bond acceptors (Lipinski definition) is 5. The largest absolute Gasteiger partial charge is 0.309 e. The molecule has 5 nitrogen and oxygen atoms in total. The monoisotopic (exact) mass is 330 g/mol. The van der Waals surface area contributed by atoms with Gasteiger partial charge in [0.2, 0.25) is 11.0 Å². The standard InChI is InChI=1S/C17H22N4OS/c1-21(2)10-9-16-19-20-17(23-16)18-15(22)11-13-8-7-12-5-3-4-6-14(12)13/h3-6,13H,7-11H2,1-2H3,(H,18,20,22). The van der Waals surface area contributed by atoms with Crippen molar-refractivity contribution in [3.05, 3.63) is 40.4 Å². The number of carbonyl (C=O) groups excluding carboxylic acids is 1. The normalized spacial score (nSPS) is 16.6. The van der Waals surface area contributed by atoms with Crippen molar-refractivity contribution < 1.29 is 4.79 Å². The van der Waals surface area contributed by atoms with E-state index in [9.17, 15) is 4.79 Å². The van der Waals surface area contributed by atoms with Gasteiger partial charge in [-0.25, -0.2) is 0 Å². The van der Waals surface area contributed by atoms with E-state index < -0.39 is 0 Å². The first kappa shape index (κ1) is 16.1. The van der Waals surface area contributed by atoms with Gasteiger partial charge < -0.3 is 10.2 Å². The van der Waals surface area contributed by atoms with E-state index >= 15 is 0 Å². The Morgan fingerprint density at radius 2 is 2.17 bits per heavy atom. The molecule has 1 aromatic carbocycles. The van der Waals surface area contributed by atoms with Crippen LogP contribution < -0.4 is 5.32 Å². The van der Waals surface area contributed by atoms with Crippen molar-refractivity contribution >= 4 is 22.4 Å². The maximum atomic E-state index is 12.3. The van der Waals surface area contributed by atoms with E-state index in [1.807, 2.05) is 14.1 Å². The quantitative estimate of drug-likeness (QED) is 0.885. The van der Waals surface area contributed by atoms with E-state index in [2.05, 4.69) is 44.7 Å². The number of anilines is 1. The fourth-order valence-electron chi connectivity index (χ4n) is 2.98. The minimum Gasteiger partial charge on any atom is -0.309 e. The Morgan fingerprint density at radius 3 is 3.00 bits per heavy atom. The molecule has 0 radical (unpaired) electrons. The van der Waals surface area contributed by atoms with Crippen LogP contribution in [0.1, 0.15) is 34.9 Å². The highest BCUT2D eigenvalue weighted by molar-refractivity contribution is 7.15. The molecule has 6 heteroatoms. The number of benzene rings is 1. The lowest BCUT2D eigenvalue weighted by Gasteiger charge is -2.10. The van der Waals surface area contributed by atoms with Crippen LogP contribution in [0.3, 0.4) is 0 Å². The molecule has 0 saturated heterocycles. The van der Waals surface area contributed by atoms with Crippen molar-refractivity contribution in [3.8, 4) is 0 Å². The predicted molar refractivity (Wildman–Crippen MR) is 92.9 cm³/mol. The van der Waals surface area contributed by atoms with E-state index in [0.29, 0.717) is 17.5 Å². The first-order valence-electron chi connectivity index (χ1n) is 7.96. The van der Waals surface area contributed by atoms with Gasteiger partial charge in [-0.05, 0) is 44.0 Å². The van der Waals surface area contributed by atoms with Crippen LogP contribution in [0, 0.1) is 0 Å². The van der Waals surface area contributed by atoms with Crippen LogP contribution in [0.5, 0.6) is 0 Å². The molecule has 0 bridgehead atoms. The minimum atomic E-state index is 0.0296. The summed E-state index contributed by atoms with van der Waals surface area (Å²) in [5.41, 5.74) is 2.71. The van der Waals surface area contributed by atoms with Crippen LogP contribution in [0.25, 0.3) is 0 Å². The van der Waals surface area contributed by atoms with Gasteiger partial charge in [0, 0.05) is 19.4 Å². The molecule has 0 spiro atoms. The van der Waals surface area contributed by atoms with E-state index in [0.717, 1.165) is 30.8 Å². The molecule has 1 unspecified atom stereocenters. The summed E-state index contributed by atoms with van der Waals surface area (Å²) in [6, 6.07) is 8.42. The third-order valence-electron chi connectivity index (χ3n) is 4.17. The van der Waals surface area contributed by atoms with E-state index in [-0.39, 0.29) is 5.91 Å². The van der Waals surface area contributed by atoms with Crippen molar-refractivity contribution in [2.45, 2.75) is 31.6 Å². The second kappa shape index (κ2) is 7.19. The molecule has 3 rings (SSSR count). The smallest absolute Gasteiger partial charge is 0.226 e.